The molecule has 4 N–H and O–H groups in total. The van der Waals surface area contributed by atoms with E-state index in [1.165, 1.54) is 0 Å². The van der Waals surface area contributed by atoms with Crippen LogP contribution in [0, 0.1) is 0 Å². The zero-order chi connectivity index (χ0) is 14.9. The molecule has 0 radical (unpaired) electrons. The predicted octanol–water partition coefficient (Wildman–Crippen LogP) is -8.70. The molecule has 2 atom stereocenters. The van der Waals surface area contributed by atoms with E-state index in [1.54, 1.807) is 0 Å². The van der Waals surface area contributed by atoms with E-state index in [-0.39, 0.29) is 57.4 Å². The van der Waals surface area contributed by atoms with Gasteiger partial charge in [-0.15, -0.1) is 0 Å². The first kappa shape index (κ1) is 33.1. The number of carbonyl (C=O) groups excluding carboxylic acids is 4. The average Bonchev–Trinajstić information content (AvgIpc) is 2.16. The summed E-state index contributed by atoms with van der Waals surface area (Å²) in [4.78, 5) is 39.2. The number of rotatable bonds is 6. The zero-order valence-electron chi connectivity index (χ0n) is 10.5. The van der Waals surface area contributed by atoms with Crippen molar-refractivity contribution in [3.63, 3.8) is 0 Å². The maximum absolute atomic E-state index is 9.95. The summed E-state index contributed by atoms with van der Waals surface area (Å²) in [6, 6.07) is 0. The normalized spacial score (nSPS) is 10.8. The fraction of sp³-hybridized carbons (Fsp3) is 0.500. The Hall–Kier alpha value is 0.340. The fourth-order valence-corrected chi connectivity index (χ4v) is 0.649. The Balaban J connectivity index is -0.0000000711. The van der Waals surface area contributed by atoms with E-state index >= 15 is 0 Å². The molecule has 0 heterocycles. The van der Waals surface area contributed by atoms with Crippen molar-refractivity contribution in [3.05, 3.63) is 0 Å². The Morgan fingerprint density at radius 1 is 0.857 bits per heavy atom. The van der Waals surface area contributed by atoms with E-state index < -0.39 is 47.2 Å². The smallest absolute Gasteiger partial charge is 0.739 e. The first-order chi connectivity index (χ1) is 8.07. The Morgan fingerprint density at radius 2 is 1.05 bits per heavy atom. The molecular weight excluding hydrogens is 524 g/mol. The molecule has 0 aromatic heterocycles. The Labute approximate surface area is 168 Å². The third-order valence-corrected chi connectivity index (χ3v) is 1.81. The Morgan fingerprint density at radius 3 is 1.10 bits per heavy atom. The van der Waals surface area contributed by atoms with Crippen LogP contribution in [0.2, 0.25) is 0 Å². The molecule has 0 aliphatic carbocycles. The maximum Gasteiger partial charge on any atom is 3.00 e. The topological polar surface area (TPSA) is 186 Å². The number of carboxylic acids is 2. The number of hydrogen-bond acceptors (Lipinski definition) is 10. The van der Waals surface area contributed by atoms with Gasteiger partial charge in [0.2, 0.25) is 0 Å². The molecule has 0 amide bonds. The molecule has 0 bridgehead atoms. The Kier molecular flexibility index (Phi) is 29.0. The molecule has 13 heteroatoms. The van der Waals surface area contributed by atoms with Gasteiger partial charge < -0.3 is 70.3 Å². The van der Waals surface area contributed by atoms with Crippen molar-refractivity contribution in [2.75, 3.05) is 0 Å². The van der Waals surface area contributed by atoms with E-state index in [4.69, 9.17) is 10.2 Å². The maximum atomic E-state index is 9.95. The molecule has 0 spiro atoms. The summed E-state index contributed by atoms with van der Waals surface area (Å²) in [5.74, 6) is -2.97. The largest absolute Gasteiger partial charge is 3.00 e. The summed E-state index contributed by atoms with van der Waals surface area (Å²) in [5.41, 5.74) is 0. The van der Waals surface area contributed by atoms with Crippen LogP contribution in [-0.2, 0) is 66.8 Å². The number of carboxylic acid groups (broad SMARTS) is 2. The average molecular weight is 534 g/mol. The van der Waals surface area contributed by atoms with Crippen molar-refractivity contribution >= 4 is 47.4 Å². The van der Waals surface area contributed by atoms with Gasteiger partial charge in [0.25, 0.3) is 0 Å². The van der Waals surface area contributed by atoms with Crippen molar-refractivity contribution in [2.24, 2.45) is 0 Å². The molecule has 0 fully saturated rings. The molecule has 2 unspecified atom stereocenters. The van der Waals surface area contributed by atoms with Crippen LogP contribution < -0.4 is 39.8 Å². The standard InChI is InChI=1S/2C4H6O4S.Au.Na.H2O/c2*5-2(4(8)9)1-3(6)7;;;/h2*2,5H,1H2,(H,6,7)(H,8,9);;;1H2/q;;+3;+1;/p-4. The van der Waals surface area contributed by atoms with Crippen molar-refractivity contribution in [2.45, 2.75) is 25.0 Å². The van der Waals surface area contributed by atoms with Crippen LogP contribution >= 0.6 is 0 Å². The van der Waals surface area contributed by atoms with E-state index in [0.717, 1.165) is 0 Å². The van der Waals surface area contributed by atoms with Crippen molar-refractivity contribution in [1.29, 1.82) is 0 Å². The zero-order valence-corrected chi connectivity index (χ0v) is 16.3. The summed E-state index contributed by atoms with van der Waals surface area (Å²) < 4.78 is 0. The minimum absolute atomic E-state index is 0. The summed E-state index contributed by atoms with van der Waals surface area (Å²) >= 11 is 7.88. The van der Waals surface area contributed by atoms with E-state index in [0.29, 0.717) is 0 Å². The van der Waals surface area contributed by atoms with Gasteiger partial charge in [0.15, 0.2) is 0 Å². The molecule has 21 heavy (non-hydrogen) atoms. The van der Waals surface area contributed by atoms with Crippen molar-refractivity contribution < 1.29 is 97.0 Å². The molecule has 120 valence electrons. The number of carbonyl (C=O) groups is 4. The molecule has 0 aliphatic heterocycles. The number of hydrogen-bond donors (Lipinski definition) is 2. The van der Waals surface area contributed by atoms with Crippen molar-refractivity contribution in [1.82, 2.24) is 0 Å². The van der Waals surface area contributed by atoms with Crippen LogP contribution in [0.15, 0.2) is 0 Å². The van der Waals surface area contributed by atoms with Crippen LogP contribution in [0.3, 0.4) is 0 Å². The van der Waals surface area contributed by atoms with Crippen LogP contribution in [0.4, 0.5) is 0 Å². The van der Waals surface area contributed by atoms with Gasteiger partial charge in [-0.05, 0) is 0 Å². The first-order valence-electron chi connectivity index (χ1n) is 4.25. The van der Waals surface area contributed by atoms with Gasteiger partial charge >= 0.3 is 51.9 Å². The van der Waals surface area contributed by atoms with E-state index in [2.05, 4.69) is 25.3 Å². The quantitative estimate of drug-likeness (QED) is 0.245. The second-order valence-electron chi connectivity index (χ2n) is 2.82. The van der Waals surface area contributed by atoms with Gasteiger partial charge in [0.1, 0.15) is 0 Å². The molecule has 9 nitrogen and oxygen atoms in total. The first-order valence-corrected chi connectivity index (χ1v) is 5.07. The van der Waals surface area contributed by atoms with Gasteiger partial charge in [0.05, 0.1) is 12.2 Å². The Bertz CT molecular complexity index is 310. The molecular formula is C8H10AuNaO9S2. The van der Waals surface area contributed by atoms with E-state index in [1.807, 2.05) is 0 Å². The third-order valence-electron chi connectivity index (χ3n) is 1.26. The molecule has 0 rings (SSSR count). The minimum Gasteiger partial charge on any atom is -0.739 e. The fourth-order valence-electron chi connectivity index (χ4n) is 0.482. The summed E-state index contributed by atoms with van der Waals surface area (Å²) in [5, 5.41) is 34.2. The second kappa shape index (κ2) is 18.4. The predicted molar refractivity (Wildman–Crippen MR) is 59.6 cm³/mol. The van der Waals surface area contributed by atoms with Gasteiger partial charge in [-0.3, -0.25) is 0 Å². The van der Waals surface area contributed by atoms with Crippen LogP contribution in [0.5, 0.6) is 0 Å². The molecule has 0 aromatic carbocycles. The monoisotopic (exact) mass is 534 g/mol. The van der Waals surface area contributed by atoms with Crippen LogP contribution in [-0.4, -0.2) is 50.1 Å². The van der Waals surface area contributed by atoms with Gasteiger partial charge in [-0.25, -0.2) is 0 Å². The molecule has 0 saturated carbocycles. The van der Waals surface area contributed by atoms with Gasteiger partial charge in [0, 0.05) is 35.0 Å². The van der Waals surface area contributed by atoms with Gasteiger partial charge in [-0.1, -0.05) is 0 Å². The number of aliphatic carboxylic acids is 2. The summed E-state index contributed by atoms with van der Waals surface area (Å²) in [6.45, 7) is 0. The molecule has 0 aliphatic rings. The van der Waals surface area contributed by atoms with E-state index in [9.17, 15) is 29.4 Å². The van der Waals surface area contributed by atoms with Crippen molar-refractivity contribution in [3.8, 4) is 0 Å². The third kappa shape index (κ3) is 25.6. The minimum atomic E-state index is -1.59. The number of aliphatic hydroxyl groups is 2. The summed E-state index contributed by atoms with van der Waals surface area (Å²) in [7, 11) is 0. The van der Waals surface area contributed by atoms with Crippen LogP contribution in [0.1, 0.15) is 12.8 Å². The molecule has 0 saturated heterocycles. The summed E-state index contributed by atoms with van der Waals surface area (Å²) in [6.07, 6.45) is -4.62. The van der Waals surface area contributed by atoms with Crippen LogP contribution in [0.25, 0.3) is 0 Å². The number of aliphatic hydroxyl groups excluding tert-OH is 2. The van der Waals surface area contributed by atoms with Gasteiger partial charge in [-0.2, -0.15) is 0 Å². The SMILES string of the molecule is O.O=C([O-])CC(O)C(=O)[S-].O=C([O-])CC(O)C(=O)[S-].[Au+3].[Na+]. The molecule has 0 aromatic rings. The second-order valence-corrected chi connectivity index (χ2v) is 3.63.